The van der Waals surface area contributed by atoms with Gasteiger partial charge in [-0.15, -0.1) is 0 Å². The van der Waals surface area contributed by atoms with Crippen molar-refractivity contribution in [3.05, 3.63) is 45.4 Å². The molecular formula is C19H24N6O4. The second kappa shape index (κ2) is 8.38. The van der Waals surface area contributed by atoms with Gasteiger partial charge >= 0.3 is 5.69 Å². The molecule has 10 nitrogen and oxygen atoms in total. The van der Waals surface area contributed by atoms with Gasteiger partial charge in [0.15, 0.2) is 0 Å². The molecule has 1 aliphatic rings. The van der Waals surface area contributed by atoms with E-state index in [0.717, 1.165) is 5.69 Å². The fourth-order valence-electron chi connectivity index (χ4n) is 3.59. The largest absolute Gasteiger partial charge is 0.340 e. The lowest BCUT2D eigenvalue weighted by molar-refractivity contribution is -0.386. The van der Waals surface area contributed by atoms with Gasteiger partial charge in [-0.1, -0.05) is 6.07 Å². The predicted molar refractivity (Wildman–Crippen MR) is 105 cm³/mol. The van der Waals surface area contributed by atoms with Crippen LogP contribution in [0.2, 0.25) is 0 Å². The number of carbonyl (C=O) groups excluding carboxylic acids is 2. The maximum Gasteiger partial charge on any atom is 0.312 e. The normalized spacial score (nSPS) is 16.5. The lowest BCUT2D eigenvalue weighted by atomic mass is 9.97. The monoisotopic (exact) mass is 400 g/mol. The van der Waals surface area contributed by atoms with Crippen molar-refractivity contribution in [3.8, 4) is 0 Å². The zero-order valence-corrected chi connectivity index (χ0v) is 16.7. The Morgan fingerprint density at radius 2 is 2.07 bits per heavy atom. The molecule has 0 saturated carbocycles. The number of nitrogens with zero attached hydrogens (tertiary/aromatic N) is 5. The Labute approximate surface area is 168 Å². The number of amides is 2. The minimum atomic E-state index is -0.487. The molecule has 0 spiro atoms. The van der Waals surface area contributed by atoms with Crippen molar-refractivity contribution in [1.82, 2.24) is 19.7 Å². The highest BCUT2D eigenvalue weighted by Crippen LogP contribution is 2.23. The van der Waals surface area contributed by atoms with Crippen LogP contribution < -0.4 is 5.32 Å². The lowest BCUT2D eigenvalue weighted by Crippen LogP contribution is -2.45. The standard InChI is InChI=1S/C19H24N6O4/c1-12-6-4-8-16(20-12)21-19(27)15-7-5-9-23(10-15)17(26)11-24-14(3)18(25(28)29)13(2)22-24/h4,6,8,15H,5,7,9-11H2,1-3H3,(H,20,21,27). The van der Waals surface area contributed by atoms with Gasteiger partial charge in [-0.05, 0) is 45.7 Å². The lowest BCUT2D eigenvalue weighted by Gasteiger charge is -2.32. The van der Waals surface area contributed by atoms with E-state index in [1.807, 2.05) is 19.1 Å². The molecule has 2 amide bonds. The maximum absolute atomic E-state index is 12.7. The summed E-state index contributed by atoms with van der Waals surface area (Å²) in [6.45, 7) is 5.73. The molecule has 2 aromatic rings. The third-order valence-corrected chi connectivity index (χ3v) is 5.10. The molecule has 0 bridgehead atoms. The Morgan fingerprint density at radius 1 is 1.31 bits per heavy atom. The summed E-state index contributed by atoms with van der Waals surface area (Å²) in [6, 6.07) is 5.40. The molecule has 0 radical (unpaired) electrons. The topological polar surface area (TPSA) is 123 Å². The average molecular weight is 400 g/mol. The highest BCUT2D eigenvalue weighted by atomic mass is 16.6. The fourth-order valence-corrected chi connectivity index (χ4v) is 3.59. The highest BCUT2D eigenvalue weighted by Gasteiger charge is 2.30. The van der Waals surface area contributed by atoms with Gasteiger partial charge in [0.25, 0.3) is 0 Å². The number of aryl methyl sites for hydroxylation is 2. The summed E-state index contributed by atoms with van der Waals surface area (Å²) in [5, 5.41) is 18.1. The summed E-state index contributed by atoms with van der Waals surface area (Å²) in [7, 11) is 0. The summed E-state index contributed by atoms with van der Waals surface area (Å²) < 4.78 is 1.36. The van der Waals surface area contributed by atoms with Crippen molar-refractivity contribution in [2.75, 3.05) is 18.4 Å². The smallest absolute Gasteiger partial charge is 0.312 e. The first-order chi connectivity index (χ1) is 13.8. The zero-order chi connectivity index (χ0) is 21.1. The summed E-state index contributed by atoms with van der Waals surface area (Å²) in [4.78, 5) is 41.9. The van der Waals surface area contributed by atoms with Gasteiger partial charge in [0.2, 0.25) is 11.8 Å². The van der Waals surface area contributed by atoms with E-state index in [9.17, 15) is 19.7 Å². The van der Waals surface area contributed by atoms with Crippen molar-refractivity contribution >= 4 is 23.3 Å². The van der Waals surface area contributed by atoms with E-state index in [2.05, 4.69) is 15.4 Å². The number of nitrogens with one attached hydrogen (secondary N) is 1. The Morgan fingerprint density at radius 3 is 2.72 bits per heavy atom. The first-order valence-corrected chi connectivity index (χ1v) is 9.47. The summed E-state index contributed by atoms with van der Waals surface area (Å²) in [6.07, 6.45) is 1.40. The van der Waals surface area contributed by atoms with Gasteiger partial charge in [0.05, 0.1) is 10.8 Å². The van der Waals surface area contributed by atoms with Gasteiger partial charge in [-0.3, -0.25) is 24.4 Å². The first kappa shape index (κ1) is 20.4. The number of anilines is 1. The number of pyridine rings is 1. The van der Waals surface area contributed by atoms with Crippen molar-refractivity contribution in [3.63, 3.8) is 0 Å². The Kier molecular flexibility index (Phi) is 5.90. The predicted octanol–water partition coefficient (Wildman–Crippen LogP) is 1.99. The van der Waals surface area contributed by atoms with E-state index in [1.165, 1.54) is 4.68 Å². The molecule has 1 aliphatic heterocycles. The molecule has 0 aliphatic carbocycles. The Balaban J connectivity index is 1.64. The highest BCUT2D eigenvalue weighted by molar-refractivity contribution is 5.92. The van der Waals surface area contributed by atoms with E-state index in [4.69, 9.17) is 0 Å². The maximum atomic E-state index is 12.7. The van der Waals surface area contributed by atoms with Crippen LogP contribution in [-0.4, -0.2) is 49.5 Å². The molecule has 29 heavy (non-hydrogen) atoms. The van der Waals surface area contributed by atoms with Crippen LogP contribution >= 0.6 is 0 Å². The second-order valence-corrected chi connectivity index (χ2v) is 7.27. The second-order valence-electron chi connectivity index (χ2n) is 7.27. The number of hydrogen-bond acceptors (Lipinski definition) is 6. The molecule has 1 fully saturated rings. The molecule has 0 aromatic carbocycles. The van der Waals surface area contributed by atoms with Crippen LogP contribution in [0, 0.1) is 36.8 Å². The van der Waals surface area contributed by atoms with Crippen molar-refractivity contribution < 1.29 is 14.5 Å². The van der Waals surface area contributed by atoms with Crippen molar-refractivity contribution in [2.24, 2.45) is 5.92 Å². The summed E-state index contributed by atoms with van der Waals surface area (Å²) in [5.74, 6) is -0.211. The van der Waals surface area contributed by atoms with E-state index < -0.39 is 4.92 Å². The SMILES string of the molecule is Cc1cccc(NC(=O)C2CCCN(C(=O)Cn3nc(C)c([N+](=O)[O-])c3C)C2)n1. The van der Waals surface area contributed by atoms with Crippen LogP contribution in [0.1, 0.15) is 29.9 Å². The third kappa shape index (κ3) is 4.58. The van der Waals surface area contributed by atoms with Crippen LogP contribution in [-0.2, 0) is 16.1 Å². The minimum Gasteiger partial charge on any atom is -0.340 e. The number of carbonyl (C=O) groups is 2. The van der Waals surface area contributed by atoms with Gasteiger partial charge in [0, 0.05) is 18.8 Å². The number of aromatic nitrogens is 3. The van der Waals surface area contributed by atoms with Crippen molar-refractivity contribution in [1.29, 1.82) is 0 Å². The van der Waals surface area contributed by atoms with Crippen LogP contribution in [0.5, 0.6) is 0 Å². The van der Waals surface area contributed by atoms with Gasteiger partial charge in [-0.25, -0.2) is 4.98 Å². The molecule has 1 saturated heterocycles. The number of likely N-dealkylation sites (tertiary alicyclic amines) is 1. The van der Waals surface area contributed by atoms with E-state index in [1.54, 1.807) is 24.8 Å². The molecule has 1 atom stereocenters. The molecule has 1 N–H and O–H groups in total. The summed E-state index contributed by atoms with van der Waals surface area (Å²) in [5.41, 5.74) is 1.36. The van der Waals surface area contributed by atoms with E-state index in [-0.39, 0.29) is 35.7 Å². The molecule has 2 aromatic heterocycles. The molecule has 1 unspecified atom stereocenters. The van der Waals surface area contributed by atoms with Crippen molar-refractivity contribution in [2.45, 2.75) is 40.2 Å². The average Bonchev–Trinajstić information content (AvgIpc) is 2.95. The third-order valence-electron chi connectivity index (χ3n) is 5.10. The molecule has 3 rings (SSSR count). The zero-order valence-electron chi connectivity index (χ0n) is 16.7. The number of hydrogen-bond donors (Lipinski definition) is 1. The van der Waals surface area contributed by atoms with Gasteiger partial charge < -0.3 is 10.2 Å². The number of nitro groups is 1. The number of rotatable bonds is 5. The molecular weight excluding hydrogens is 376 g/mol. The first-order valence-electron chi connectivity index (χ1n) is 9.47. The Hall–Kier alpha value is -3.30. The van der Waals surface area contributed by atoms with Crippen LogP contribution in [0.3, 0.4) is 0 Å². The molecule has 154 valence electrons. The van der Waals surface area contributed by atoms with Gasteiger partial charge in [0.1, 0.15) is 23.8 Å². The van der Waals surface area contributed by atoms with Crippen LogP contribution in [0.25, 0.3) is 0 Å². The van der Waals surface area contributed by atoms with Crippen LogP contribution in [0.4, 0.5) is 11.5 Å². The summed E-state index contributed by atoms with van der Waals surface area (Å²) >= 11 is 0. The Bertz CT molecular complexity index is 954. The van der Waals surface area contributed by atoms with Gasteiger partial charge in [-0.2, -0.15) is 5.10 Å². The molecule has 3 heterocycles. The minimum absolute atomic E-state index is 0.0700. The van der Waals surface area contributed by atoms with Crippen LogP contribution in [0.15, 0.2) is 18.2 Å². The van der Waals surface area contributed by atoms with E-state index >= 15 is 0 Å². The molecule has 10 heteroatoms. The van der Waals surface area contributed by atoms with E-state index in [0.29, 0.717) is 37.4 Å². The number of piperidine rings is 1. The quantitative estimate of drug-likeness (QED) is 0.605. The fraction of sp³-hybridized carbons (Fsp3) is 0.474.